The van der Waals surface area contributed by atoms with Crippen LogP contribution in [0.25, 0.3) is 5.76 Å². The molecule has 1 aliphatic rings. The fourth-order valence-corrected chi connectivity index (χ4v) is 3.90. The molecule has 7 heteroatoms. The number of ether oxygens (including phenoxy) is 1. The van der Waals surface area contributed by atoms with Crippen LogP contribution in [0.15, 0.2) is 72.3 Å². The summed E-state index contributed by atoms with van der Waals surface area (Å²) < 4.78 is 19.2. The first-order valence-corrected chi connectivity index (χ1v) is 9.83. The number of carbonyl (C=O) groups is 2. The molecule has 0 spiro atoms. The molecule has 2 N–H and O–H groups in total. The van der Waals surface area contributed by atoms with Crippen LogP contribution in [0.1, 0.15) is 22.7 Å². The topological polar surface area (TPSA) is 87.1 Å². The van der Waals surface area contributed by atoms with E-state index in [1.165, 1.54) is 36.3 Å². The van der Waals surface area contributed by atoms with Gasteiger partial charge in [-0.3, -0.25) is 14.5 Å². The fraction of sp³-hybridized carbons (Fsp3) is 0.120. The van der Waals surface area contributed by atoms with Gasteiger partial charge in [0.25, 0.3) is 11.7 Å². The molecule has 1 amide bonds. The van der Waals surface area contributed by atoms with Gasteiger partial charge < -0.3 is 14.9 Å². The molecule has 6 nitrogen and oxygen atoms in total. The number of carbonyl (C=O) groups excluding carboxylic acids is 2. The first kappa shape index (κ1) is 21.1. The Balaban J connectivity index is 2.01. The van der Waals surface area contributed by atoms with Crippen LogP contribution >= 0.6 is 0 Å². The summed E-state index contributed by atoms with van der Waals surface area (Å²) in [6, 6.07) is 15.6. The van der Waals surface area contributed by atoms with Gasteiger partial charge in [0.1, 0.15) is 23.1 Å². The number of aliphatic hydroxyl groups excluding tert-OH is 1. The third kappa shape index (κ3) is 3.47. The number of aromatic hydroxyl groups is 1. The van der Waals surface area contributed by atoms with Gasteiger partial charge in [-0.05, 0) is 54.4 Å². The average molecular weight is 433 g/mol. The predicted octanol–water partition coefficient (Wildman–Crippen LogP) is 4.47. The molecule has 32 heavy (non-hydrogen) atoms. The molecule has 3 aromatic carbocycles. The van der Waals surface area contributed by atoms with Gasteiger partial charge in [-0.25, -0.2) is 4.39 Å². The summed E-state index contributed by atoms with van der Waals surface area (Å²) in [4.78, 5) is 27.6. The van der Waals surface area contributed by atoms with E-state index in [1.54, 1.807) is 37.3 Å². The number of aliphatic hydroxyl groups is 1. The number of ketones is 1. The van der Waals surface area contributed by atoms with E-state index in [4.69, 9.17) is 4.74 Å². The number of hydrogen-bond acceptors (Lipinski definition) is 5. The number of amides is 1. The predicted molar refractivity (Wildman–Crippen MR) is 117 cm³/mol. The number of methoxy groups -OCH3 is 1. The maximum atomic E-state index is 14.0. The molecule has 0 saturated carbocycles. The van der Waals surface area contributed by atoms with Crippen LogP contribution in [0, 0.1) is 12.7 Å². The third-order valence-corrected chi connectivity index (χ3v) is 5.44. The van der Waals surface area contributed by atoms with Crippen molar-refractivity contribution in [2.75, 3.05) is 12.0 Å². The Morgan fingerprint density at radius 1 is 1.03 bits per heavy atom. The van der Waals surface area contributed by atoms with Gasteiger partial charge in [-0.1, -0.05) is 30.3 Å². The van der Waals surface area contributed by atoms with E-state index in [0.29, 0.717) is 11.3 Å². The minimum Gasteiger partial charge on any atom is -0.508 e. The van der Waals surface area contributed by atoms with E-state index < -0.39 is 29.3 Å². The Kier molecular flexibility index (Phi) is 5.40. The molecule has 1 atom stereocenters. The van der Waals surface area contributed by atoms with Crippen molar-refractivity contribution >= 4 is 23.1 Å². The number of nitrogens with zero attached hydrogens (tertiary/aromatic N) is 1. The van der Waals surface area contributed by atoms with Gasteiger partial charge in [0, 0.05) is 5.69 Å². The average Bonchev–Trinajstić information content (AvgIpc) is 3.04. The van der Waals surface area contributed by atoms with Gasteiger partial charge in [0.15, 0.2) is 0 Å². The molecule has 0 aliphatic carbocycles. The van der Waals surface area contributed by atoms with E-state index in [-0.39, 0.29) is 22.6 Å². The molecule has 1 unspecified atom stereocenters. The molecular formula is C25H20FNO5. The molecule has 0 radical (unpaired) electrons. The molecule has 0 bridgehead atoms. The van der Waals surface area contributed by atoms with Gasteiger partial charge in [0.2, 0.25) is 0 Å². The summed E-state index contributed by atoms with van der Waals surface area (Å²) in [5, 5.41) is 20.9. The molecule has 162 valence electrons. The normalized spacial score (nSPS) is 17.6. The van der Waals surface area contributed by atoms with Crippen molar-refractivity contribution in [3.05, 3.63) is 94.8 Å². The zero-order valence-electron chi connectivity index (χ0n) is 17.4. The number of hydrogen-bond donors (Lipinski definition) is 2. The number of benzene rings is 3. The Bertz CT molecular complexity index is 1250. The minimum absolute atomic E-state index is 0.00777. The van der Waals surface area contributed by atoms with Crippen molar-refractivity contribution in [2.45, 2.75) is 13.0 Å². The highest BCUT2D eigenvalue weighted by atomic mass is 19.1. The molecule has 1 fully saturated rings. The molecule has 1 aliphatic heterocycles. The summed E-state index contributed by atoms with van der Waals surface area (Å²) in [6.45, 7) is 1.80. The number of para-hydroxylation sites is 1. The number of phenolic OH excluding ortho intramolecular Hbond substituents is 1. The lowest BCUT2D eigenvalue weighted by Crippen LogP contribution is -2.30. The Hall–Kier alpha value is -4.13. The van der Waals surface area contributed by atoms with Crippen molar-refractivity contribution in [3.8, 4) is 11.5 Å². The number of phenols is 1. The fourth-order valence-electron chi connectivity index (χ4n) is 3.90. The van der Waals surface area contributed by atoms with E-state index in [0.717, 1.165) is 11.6 Å². The third-order valence-electron chi connectivity index (χ3n) is 5.44. The van der Waals surface area contributed by atoms with Crippen LogP contribution in [-0.4, -0.2) is 29.0 Å². The Morgan fingerprint density at radius 3 is 2.38 bits per heavy atom. The smallest absolute Gasteiger partial charge is 0.300 e. The lowest BCUT2D eigenvalue weighted by atomic mass is 9.94. The van der Waals surface area contributed by atoms with Crippen LogP contribution in [0.3, 0.4) is 0 Å². The summed E-state index contributed by atoms with van der Waals surface area (Å²) in [5.41, 5.74) is 1.49. The maximum Gasteiger partial charge on any atom is 0.300 e. The van der Waals surface area contributed by atoms with Crippen LogP contribution in [0.5, 0.6) is 11.5 Å². The van der Waals surface area contributed by atoms with Crippen molar-refractivity contribution in [1.29, 1.82) is 0 Å². The zero-order chi connectivity index (χ0) is 23.0. The standard InChI is InChI=1S/C25H20FNO5/c1-14-5-3-4-6-19(14)27-22(15-7-10-17(28)11-8-15)21(24(30)25(27)31)23(29)18-13-16(26)9-12-20(18)32-2/h3-13,22,28-29H,1-2H3/b23-21+. The molecular weight excluding hydrogens is 413 g/mol. The summed E-state index contributed by atoms with van der Waals surface area (Å²) in [6.07, 6.45) is 0. The second kappa shape index (κ2) is 8.19. The molecule has 1 saturated heterocycles. The largest absolute Gasteiger partial charge is 0.508 e. The molecule has 3 aromatic rings. The first-order valence-electron chi connectivity index (χ1n) is 9.83. The van der Waals surface area contributed by atoms with E-state index in [2.05, 4.69) is 0 Å². The second-order valence-electron chi connectivity index (χ2n) is 7.39. The maximum absolute atomic E-state index is 14.0. The summed E-state index contributed by atoms with van der Waals surface area (Å²) in [7, 11) is 1.35. The summed E-state index contributed by atoms with van der Waals surface area (Å²) in [5.74, 6) is -2.76. The van der Waals surface area contributed by atoms with Crippen molar-refractivity contribution in [2.24, 2.45) is 0 Å². The van der Waals surface area contributed by atoms with E-state index in [1.807, 2.05) is 6.07 Å². The van der Waals surface area contributed by atoms with E-state index in [9.17, 15) is 24.2 Å². The highest BCUT2D eigenvalue weighted by Gasteiger charge is 2.47. The minimum atomic E-state index is -0.996. The van der Waals surface area contributed by atoms with Crippen LogP contribution < -0.4 is 9.64 Å². The lowest BCUT2D eigenvalue weighted by Gasteiger charge is -2.27. The Morgan fingerprint density at radius 2 is 1.72 bits per heavy atom. The van der Waals surface area contributed by atoms with Crippen molar-refractivity contribution < 1.29 is 28.9 Å². The zero-order valence-corrected chi connectivity index (χ0v) is 17.4. The van der Waals surface area contributed by atoms with Crippen LogP contribution in [0.4, 0.5) is 10.1 Å². The lowest BCUT2D eigenvalue weighted by molar-refractivity contribution is -0.132. The van der Waals surface area contributed by atoms with Crippen LogP contribution in [-0.2, 0) is 9.59 Å². The highest BCUT2D eigenvalue weighted by Crippen LogP contribution is 2.44. The number of halogens is 1. The number of rotatable bonds is 4. The van der Waals surface area contributed by atoms with Gasteiger partial charge in [-0.15, -0.1) is 0 Å². The SMILES string of the molecule is COc1ccc(F)cc1/C(O)=C1\C(=O)C(=O)N(c2ccccc2C)C1c1ccc(O)cc1. The highest BCUT2D eigenvalue weighted by molar-refractivity contribution is 6.51. The van der Waals surface area contributed by atoms with Gasteiger partial charge in [-0.2, -0.15) is 0 Å². The molecule has 0 aromatic heterocycles. The number of anilines is 1. The number of aryl methyl sites for hydroxylation is 1. The quantitative estimate of drug-likeness (QED) is 0.360. The summed E-state index contributed by atoms with van der Waals surface area (Å²) >= 11 is 0. The van der Waals surface area contributed by atoms with Crippen LogP contribution in [0.2, 0.25) is 0 Å². The van der Waals surface area contributed by atoms with Crippen molar-refractivity contribution in [3.63, 3.8) is 0 Å². The molecule has 1 heterocycles. The van der Waals surface area contributed by atoms with E-state index >= 15 is 0 Å². The van der Waals surface area contributed by atoms with Gasteiger partial charge >= 0.3 is 0 Å². The second-order valence-corrected chi connectivity index (χ2v) is 7.39. The molecule has 4 rings (SSSR count). The monoisotopic (exact) mass is 433 g/mol. The first-order chi connectivity index (χ1) is 15.3. The number of Topliss-reactive ketones (excluding diaryl/α,β-unsaturated/α-hetero) is 1. The van der Waals surface area contributed by atoms with Crippen molar-refractivity contribution in [1.82, 2.24) is 0 Å². The van der Waals surface area contributed by atoms with Gasteiger partial charge in [0.05, 0.1) is 24.3 Å². The Labute approximate surface area is 183 Å².